The number of aliphatic hydroxyl groups is 1. The molecular weight excluding hydrogens is 192 g/mol. The molecule has 0 saturated heterocycles. The molecule has 1 aliphatic carbocycles. The first-order chi connectivity index (χ1) is 7.26. The van der Waals surface area contributed by atoms with Crippen LogP contribution in [0.2, 0.25) is 0 Å². The predicted octanol–water partition coefficient (Wildman–Crippen LogP) is 0.907. The molecule has 0 spiro atoms. The first-order valence-electron chi connectivity index (χ1n) is 5.28. The third kappa shape index (κ3) is 2.39. The highest BCUT2D eigenvalue weighted by atomic mass is 16.3. The van der Waals surface area contributed by atoms with Gasteiger partial charge in [0.2, 0.25) is 0 Å². The maximum absolute atomic E-state index is 11.6. The van der Waals surface area contributed by atoms with Crippen LogP contribution in [-0.2, 0) is 0 Å². The van der Waals surface area contributed by atoms with E-state index in [9.17, 15) is 4.79 Å². The lowest BCUT2D eigenvalue weighted by Crippen LogP contribution is -2.30. The zero-order valence-corrected chi connectivity index (χ0v) is 8.62. The minimum Gasteiger partial charge on any atom is -0.396 e. The van der Waals surface area contributed by atoms with Gasteiger partial charge in [0.05, 0.1) is 0 Å². The molecule has 0 unspecified atom stereocenters. The largest absolute Gasteiger partial charge is 0.396 e. The average Bonchev–Trinajstić information content (AvgIpc) is 2.81. The van der Waals surface area contributed by atoms with Crippen molar-refractivity contribution in [3.05, 3.63) is 24.0 Å². The zero-order chi connectivity index (χ0) is 10.7. The van der Waals surface area contributed by atoms with Gasteiger partial charge < -0.3 is 15.4 Å². The van der Waals surface area contributed by atoms with E-state index in [0.29, 0.717) is 12.2 Å². The molecule has 82 valence electrons. The molecule has 0 aromatic carbocycles. The Labute approximate surface area is 88.7 Å². The average molecular weight is 208 g/mol. The van der Waals surface area contributed by atoms with Crippen LogP contribution in [0.1, 0.15) is 29.8 Å². The molecular formula is C11H16N2O2. The second-order valence-corrected chi connectivity index (χ2v) is 4.24. The fraction of sp³-hybridized carbons (Fsp3) is 0.545. The number of carbonyl (C=O) groups excluding carboxylic acids is 1. The number of hydrogen-bond donors (Lipinski definition) is 3. The second kappa shape index (κ2) is 4.06. The first-order valence-corrected chi connectivity index (χ1v) is 5.28. The van der Waals surface area contributed by atoms with Crippen molar-refractivity contribution in [2.75, 3.05) is 13.2 Å². The summed E-state index contributed by atoms with van der Waals surface area (Å²) in [6.45, 7) is 0.879. The fourth-order valence-corrected chi connectivity index (χ4v) is 1.76. The molecule has 1 saturated carbocycles. The minimum absolute atomic E-state index is 0.0655. The van der Waals surface area contributed by atoms with E-state index in [2.05, 4.69) is 10.3 Å². The van der Waals surface area contributed by atoms with Crippen molar-refractivity contribution in [2.45, 2.75) is 19.3 Å². The van der Waals surface area contributed by atoms with Gasteiger partial charge in [0.25, 0.3) is 5.91 Å². The maximum atomic E-state index is 11.6. The quantitative estimate of drug-likeness (QED) is 0.673. The van der Waals surface area contributed by atoms with Crippen molar-refractivity contribution in [1.82, 2.24) is 10.3 Å². The van der Waals surface area contributed by atoms with Crippen molar-refractivity contribution < 1.29 is 9.90 Å². The van der Waals surface area contributed by atoms with Gasteiger partial charge in [-0.3, -0.25) is 4.79 Å². The molecule has 15 heavy (non-hydrogen) atoms. The summed E-state index contributed by atoms with van der Waals surface area (Å²) in [5.74, 6) is -0.0655. The lowest BCUT2D eigenvalue weighted by atomic mass is 10.0. The molecule has 4 heteroatoms. The molecule has 3 N–H and O–H groups in total. The standard InChI is InChI=1S/C11H16N2O2/c14-7-5-11(3-4-11)8-13-10(15)9-2-1-6-12-9/h1-2,6,12,14H,3-5,7-8H2,(H,13,15). The zero-order valence-electron chi connectivity index (χ0n) is 8.62. The van der Waals surface area contributed by atoms with E-state index in [1.54, 1.807) is 18.3 Å². The highest BCUT2D eigenvalue weighted by molar-refractivity contribution is 5.92. The van der Waals surface area contributed by atoms with Gasteiger partial charge in [-0.1, -0.05) is 0 Å². The van der Waals surface area contributed by atoms with E-state index in [1.165, 1.54) is 0 Å². The number of hydrogen-bond acceptors (Lipinski definition) is 2. The number of aromatic nitrogens is 1. The third-order valence-corrected chi connectivity index (χ3v) is 3.07. The fourth-order valence-electron chi connectivity index (χ4n) is 1.76. The molecule has 1 heterocycles. The second-order valence-electron chi connectivity index (χ2n) is 4.24. The van der Waals surface area contributed by atoms with Gasteiger partial charge >= 0.3 is 0 Å². The Morgan fingerprint density at radius 2 is 2.40 bits per heavy atom. The molecule has 2 rings (SSSR count). The van der Waals surface area contributed by atoms with Gasteiger partial charge in [-0.05, 0) is 36.8 Å². The molecule has 0 atom stereocenters. The first kappa shape index (κ1) is 10.2. The Kier molecular flexibility index (Phi) is 2.77. The summed E-state index contributed by atoms with van der Waals surface area (Å²) in [6, 6.07) is 3.55. The molecule has 0 aliphatic heterocycles. The Balaban J connectivity index is 1.81. The van der Waals surface area contributed by atoms with E-state index in [1.807, 2.05) is 0 Å². The summed E-state index contributed by atoms with van der Waals surface area (Å²) in [4.78, 5) is 14.4. The van der Waals surface area contributed by atoms with E-state index in [-0.39, 0.29) is 17.9 Å². The maximum Gasteiger partial charge on any atom is 0.267 e. The Morgan fingerprint density at radius 3 is 2.93 bits per heavy atom. The molecule has 0 radical (unpaired) electrons. The van der Waals surface area contributed by atoms with Crippen LogP contribution in [0.15, 0.2) is 18.3 Å². The Hall–Kier alpha value is -1.29. The van der Waals surface area contributed by atoms with Gasteiger partial charge in [-0.15, -0.1) is 0 Å². The van der Waals surface area contributed by atoms with Crippen molar-refractivity contribution in [3.63, 3.8) is 0 Å². The molecule has 0 bridgehead atoms. The molecule has 1 amide bonds. The normalized spacial score (nSPS) is 17.4. The van der Waals surface area contributed by atoms with Gasteiger partial charge in [-0.2, -0.15) is 0 Å². The van der Waals surface area contributed by atoms with E-state index in [0.717, 1.165) is 19.3 Å². The van der Waals surface area contributed by atoms with Gasteiger partial charge in [0.1, 0.15) is 5.69 Å². The highest BCUT2D eigenvalue weighted by Gasteiger charge is 2.41. The van der Waals surface area contributed by atoms with Crippen LogP contribution >= 0.6 is 0 Å². The van der Waals surface area contributed by atoms with Crippen molar-refractivity contribution in [1.29, 1.82) is 0 Å². The van der Waals surface area contributed by atoms with E-state index < -0.39 is 0 Å². The van der Waals surface area contributed by atoms with Gasteiger partial charge in [-0.25, -0.2) is 0 Å². The summed E-state index contributed by atoms with van der Waals surface area (Å²) in [5.41, 5.74) is 0.770. The number of aliphatic hydroxyl groups excluding tert-OH is 1. The molecule has 1 aromatic heterocycles. The number of nitrogens with one attached hydrogen (secondary N) is 2. The van der Waals surface area contributed by atoms with Crippen molar-refractivity contribution >= 4 is 5.91 Å². The molecule has 1 aliphatic rings. The van der Waals surface area contributed by atoms with Crippen molar-refractivity contribution in [3.8, 4) is 0 Å². The van der Waals surface area contributed by atoms with E-state index >= 15 is 0 Å². The number of carbonyl (C=O) groups is 1. The lowest BCUT2D eigenvalue weighted by Gasteiger charge is -2.13. The van der Waals surface area contributed by atoms with Crippen LogP contribution < -0.4 is 5.32 Å². The summed E-state index contributed by atoms with van der Waals surface area (Å²) in [6.07, 6.45) is 4.74. The number of amides is 1. The number of aromatic amines is 1. The monoisotopic (exact) mass is 208 g/mol. The number of H-pyrrole nitrogens is 1. The minimum atomic E-state index is -0.0655. The van der Waals surface area contributed by atoms with Gasteiger partial charge in [0, 0.05) is 19.3 Å². The summed E-state index contributed by atoms with van der Waals surface area (Å²) >= 11 is 0. The summed E-state index contributed by atoms with van der Waals surface area (Å²) in [7, 11) is 0. The van der Waals surface area contributed by atoms with Crippen LogP contribution in [0.25, 0.3) is 0 Å². The molecule has 4 nitrogen and oxygen atoms in total. The number of rotatable bonds is 5. The highest BCUT2D eigenvalue weighted by Crippen LogP contribution is 2.47. The third-order valence-electron chi connectivity index (χ3n) is 3.07. The smallest absolute Gasteiger partial charge is 0.267 e. The van der Waals surface area contributed by atoms with Gasteiger partial charge in [0.15, 0.2) is 0 Å². The predicted molar refractivity (Wildman–Crippen MR) is 56.5 cm³/mol. The Morgan fingerprint density at radius 1 is 1.60 bits per heavy atom. The van der Waals surface area contributed by atoms with Crippen LogP contribution in [0.3, 0.4) is 0 Å². The topological polar surface area (TPSA) is 65.1 Å². The van der Waals surface area contributed by atoms with Crippen LogP contribution in [0.4, 0.5) is 0 Å². The summed E-state index contributed by atoms with van der Waals surface area (Å²) < 4.78 is 0. The molecule has 1 fully saturated rings. The SMILES string of the molecule is O=C(NCC1(CCO)CC1)c1ccc[nH]1. The van der Waals surface area contributed by atoms with E-state index in [4.69, 9.17) is 5.11 Å². The molecule has 1 aromatic rings. The lowest BCUT2D eigenvalue weighted by molar-refractivity contribution is 0.0936. The van der Waals surface area contributed by atoms with Crippen LogP contribution in [0.5, 0.6) is 0 Å². The Bertz CT molecular complexity index is 328. The van der Waals surface area contributed by atoms with Crippen molar-refractivity contribution in [2.24, 2.45) is 5.41 Å². The van der Waals surface area contributed by atoms with Crippen LogP contribution in [-0.4, -0.2) is 29.1 Å². The summed E-state index contributed by atoms with van der Waals surface area (Å²) in [5, 5.41) is 11.8. The van der Waals surface area contributed by atoms with Crippen LogP contribution in [0, 0.1) is 5.41 Å².